The van der Waals surface area contributed by atoms with Crippen LogP contribution in [-0.2, 0) is 9.59 Å². The maximum absolute atomic E-state index is 11.8. The van der Waals surface area contributed by atoms with Gasteiger partial charge in [-0.05, 0) is 12.3 Å². The fourth-order valence-electron chi connectivity index (χ4n) is 2.17. The second kappa shape index (κ2) is 3.48. The minimum atomic E-state index is -1.02. The standard InChI is InChI=1S/C10H15NO4/c1-5-2-7(5)9(13)11-4-6(12)3-8(11)10(14)15/h5-8,12H,2-4H2,1H3,(H,14,15)/t5?,6?,7?,8-/m0/s1. The van der Waals surface area contributed by atoms with E-state index in [0.717, 1.165) is 6.42 Å². The van der Waals surface area contributed by atoms with Crippen LogP contribution in [-0.4, -0.2) is 45.7 Å². The molecule has 0 spiro atoms. The molecule has 2 rings (SSSR count). The number of hydrogen-bond acceptors (Lipinski definition) is 3. The molecule has 1 saturated carbocycles. The minimum absolute atomic E-state index is 0.0165. The highest BCUT2D eigenvalue weighted by atomic mass is 16.4. The van der Waals surface area contributed by atoms with Crippen LogP contribution >= 0.6 is 0 Å². The summed E-state index contributed by atoms with van der Waals surface area (Å²) in [5, 5.41) is 18.3. The number of aliphatic hydroxyl groups is 1. The van der Waals surface area contributed by atoms with Crippen molar-refractivity contribution in [1.82, 2.24) is 4.90 Å². The van der Waals surface area contributed by atoms with Crippen molar-refractivity contribution in [2.24, 2.45) is 11.8 Å². The number of hydrogen-bond donors (Lipinski definition) is 2. The van der Waals surface area contributed by atoms with Crippen LogP contribution in [0.2, 0.25) is 0 Å². The van der Waals surface area contributed by atoms with Crippen molar-refractivity contribution >= 4 is 11.9 Å². The third kappa shape index (κ3) is 1.84. The number of likely N-dealkylation sites (tertiary alicyclic amines) is 1. The Hall–Kier alpha value is -1.10. The number of carboxylic acid groups (broad SMARTS) is 1. The van der Waals surface area contributed by atoms with Gasteiger partial charge in [-0.2, -0.15) is 0 Å². The van der Waals surface area contributed by atoms with Crippen LogP contribution in [0.25, 0.3) is 0 Å². The molecule has 0 bridgehead atoms. The van der Waals surface area contributed by atoms with Gasteiger partial charge in [0.2, 0.25) is 5.91 Å². The molecule has 0 radical (unpaired) electrons. The molecule has 0 aromatic carbocycles. The summed E-state index contributed by atoms with van der Waals surface area (Å²) in [5.41, 5.74) is 0. The van der Waals surface area contributed by atoms with Crippen molar-refractivity contribution in [2.75, 3.05) is 6.54 Å². The third-order valence-electron chi connectivity index (χ3n) is 3.27. The lowest BCUT2D eigenvalue weighted by Crippen LogP contribution is -2.41. The summed E-state index contributed by atoms with van der Waals surface area (Å²) in [6.45, 7) is 2.14. The van der Waals surface area contributed by atoms with E-state index in [0.29, 0.717) is 5.92 Å². The molecule has 0 aromatic heterocycles. The Bertz CT molecular complexity index is 304. The van der Waals surface area contributed by atoms with Crippen molar-refractivity contribution in [3.63, 3.8) is 0 Å². The molecule has 1 aliphatic heterocycles. The van der Waals surface area contributed by atoms with Crippen LogP contribution in [0.3, 0.4) is 0 Å². The van der Waals surface area contributed by atoms with Gasteiger partial charge in [0.05, 0.1) is 6.10 Å². The van der Waals surface area contributed by atoms with Crippen molar-refractivity contribution in [2.45, 2.75) is 31.9 Å². The lowest BCUT2D eigenvalue weighted by Gasteiger charge is -2.21. The highest BCUT2D eigenvalue weighted by molar-refractivity contribution is 5.87. The quantitative estimate of drug-likeness (QED) is 0.659. The molecule has 4 atom stereocenters. The van der Waals surface area contributed by atoms with E-state index in [1.807, 2.05) is 6.92 Å². The summed E-state index contributed by atoms with van der Waals surface area (Å²) in [6, 6.07) is -0.833. The van der Waals surface area contributed by atoms with Gasteiger partial charge < -0.3 is 15.1 Å². The van der Waals surface area contributed by atoms with Crippen molar-refractivity contribution < 1.29 is 19.8 Å². The Morgan fingerprint density at radius 3 is 2.40 bits per heavy atom. The maximum Gasteiger partial charge on any atom is 0.326 e. The number of carboxylic acids is 1. The van der Waals surface area contributed by atoms with Crippen molar-refractivity contribution in [3.8, 4) is 0 Å². The van der Waals surface area contributed by atoms with Gasteiger partial charge in [0.15, 0.2) is 0 Å². The first kappa shape index (κ1) is 10.4. The molecule has 3 unspecified atom stereocenters. The van der Waals surface area contributed by atoms with Crippen molar-refractivity contribution in [3.05, 3.63) is 0 Å². The fraction of sp³-hybridized carbons (Fsp3) is 0.800. The summed E-state index contributed by atoms with van der Waals surface area (Å²) < 4.78 is 0. The monoisotopic (exact) mass is 213 g/mol. The summed E-state index contributed by atoms with van der Waals surface area (Å²) in [6.07, 6.45) is 0.309. The number of nitrogens with zero attached hydrogens (tertiary/aromatic N) is 1. The van der Waals surface area contributed by atoms with Gasteiger partial charge in [-0.15, -0.1) is 0 Å². The molecule has 15 heavy (non-hydrogen) atoms. The van der Waals surface area contributed by atoms with Crippen LogP contribution in [0.15, 0.2) is 0 Å². The first-order valence-electron chi connectivity index (χ1n) is 5.22. The second-order valence-corrected chi connectivity index (χ2v) is 4.55. The molecule has 1 amide bonds. The van der Waals surface area contributed by atoms with Crippen LogP contribution < -0.4 is 0 Å². The summed E-state index contributed by atoms with van der Waals surface area (Å²) in [4.78, 5) is 24.0. The van der Waals surface area contributed by atoms with E-state index in [1.54, 1.807) is 0 Å². The highest BCUT2D eigenvalue weighted by Crippen LogP contribution is 2.40. The van der Waals surface area contributed by atoms with Gasteiger partial charge >= 0.3 is 5.97 Å². The van der Waals surface area contributed by atoms with Crippen LogP contribution in [0.1, 0.15) is 19.8 Å². The number of β-amino-alcohol motifs (C(OH)–C–C–N with tert-alkyl or cyclic N) is 1. The minimum Gasteiger partial charge on any atom is -0.480 e. The fourth-order valence-corrected chi connectivity index (χ4v) is 2.17. The largest absolute Gasteiger partial charge is 0.480 e. The van der Waals surface area contributed by atoms with Crippen LogP contribution in [0, 0.1) is 11.8 Å². The molecular weight excluding hydrogens is 198 g/mol. The maximum atomic E-state index is 11.8. The van der Waals surface area contributed by atoms with Gasteiger partial charge in [0.1, 0.15) is 6.04 Å². The van der Waals surface area contributed by atoms with Gasteiger partial charge in [-0.1, -0.05) is 6.92 Å². The Kier molecular flexibility index (Phi) is 2.42. The average Bonchev–Trinajstić information content (AvgIpc) is 2.73. The zero-order chi connectivity index (χ0) is 11.2. The van der Waals surface area contributed by atoms with Crippen LogP contribution in [0.4, 0.5) is 0 Å². The molecule has 5 heteroatoms. The SMILES string of the molecule is CC1CC1C(=O)N1CC(O)C[C@H]1C(=O)O. The lowest BCUT2D eigenvalue weighted by molar-refractivity contribution is -0.148. The van der Waals surface area contributed by atoms with Gasteiger partial charge in [-0.25, -0.2) is 4.79 Å². The molecule has 1 saturated heterocycles. The predicted octanol–water partition coefficient (Wildman–Crippen LogP) is -0.311. The summed E-state index contributed by atoms with van der Waals surface area (Å²) >= 11 is 0. The topological polar surface area (TPSA) is 77.8 Å². The zero-order valence-corrected chi connectivity index (χ0v) is 8.59. The van der Waals surface area contributed by atoms with Gasteiger partial charge in [-0.3, -0.25) is 4.79 Å². The molecule has 2 fully saturated rings. The number of amides is 1. The van der Waals surface area contributed by atoms with E-state index in [2.05, 4.69) is 0 Å². The molecule has 84 valence electrons. The first-order chi connectivity index (χ1) is 7.00. The molecule has 5 nitrogen and oxygen atoms in total. The van der Waals surface area contributed by atoms with Gasteiger partial charge in [0, 0.05) is 18.9 Å². The lowest BCUT2D eigenvalue weighted by atomic mass is 10.2. The van der Waals surface area contributed by atoms with E-state index in [-0.39, 0.29) is 24.8 Å². The number of carbonyl (C=O) groups is 2. The van der Waals surface area contributed by atoms with E-state index in [4.69, 9.17) is 5.11 Å². The Morgan fingerprint density at radius 1 is 1.33 bits per heavy atom. The number of rotatable bonds is 2. The first-order valence-corrected chi connectivity index (χ1v) is 5.22. The van der Waals surface area contributed by atoms with Gasteiger partial charge in [0.25, 0.3) is 0 Å². The zero-order valence-electron chi connectivity index (χ0n) is 8.59. The Morgan fingerprint density at radius 2 is 1.93 bits per heavy atom. The summed E-state index contributed by atoms with van der Waals surface area (Å²) in [7, 11) is 0. The molecule has 0 aromatic rings. The molecule has 2 aliphatic rings. The van der Waals surface area contributed by atoms with E-state index in [1.165, 1.54) is 4.90 Å². The number of aliphatic carboxylic acids is 1. The van der Waals surface area contributed by atoms with Crippen LogP contribution in [0.5, 0.6) is 0 Å². The number of carbonyl (C=O) groups excluding carboxylic acids is 1. The molecule has 2 N–H and O–H groups in total. The predicted molar refractivity (Wildman–Crippen MR) is 51.0 cm³/mol. The Balaban J connectivity index is 2.06. The number of aliphatic hydroxyl groups excluding tert-OH is 1. The van der Waals surface area contributed by atoms with E-state index in [9.17, 15) is 14.7 Å². The average molecular weight is 213 g/mol. The van der Waals surface area contributed by atoms with Crippen molar-refractivity contribution in [1.29, 1.82) is 0 Å². The third-order valence-corrected chi connectivity index (χ3v) is 3.27. The van der Waals surface area contributed by atoms with E-state index < -0.39 is 18.1 Å². The smallest absolute Gasteiger partial charge is 0.326 e. The van der Waals surface area contributed by atoms with E-state index >= 15 is 0 Å². The molecule has 1 heterocycles. The second-order valence-electron chi connectivity index (χ2n) is 4.55. The molecule has 1 aliphatic carbocycles. The highest BCUT2D eigenvalue weighted by Gasteiger charge is 2.47. The summed E-state index contributed by atoms with van der Waals surface area (Å²) in [5.74, 6) is -0.776. The normalized spacial score (nSPS) is 39.2. The molecular formula is C10H15NO4. The Labute approximate surface area is 87.7 Å².